The molecule has 36 heavy (non-hydrogen) atoms. The quantitative estimate of drug-likeness (QED) is 0.356. The van der Waals surface area contributed by atoms with Crippen molar-refractivity contribution in [3.63, 3.8) is 0 Å². The largest absolute Gasteiger partial charge is 0.366 e. The first-order valence-corrected chi connectivity index (χ1v) is 12.4. The zero-order valence-electron chi connectivity index (χ0n) is 20.3. The van der Waals surface area contributed by atoms with E-state index in [1.807, 2.05) is 0 Å². The molecule has 0 aliphatic carbocycles. The van der Waals surface area contributed by atoms with E-state index in [1.165, 1.54) is 16.5 Å². The van der Waals surface area contributed by atoms with Crippen molar-refractivity contribution in [3.05, 3.63) is 84.3 Å². The van der Waals surface area contributed by atoms with Gasteiger partial charge in [0.05, 0.1) is 18.8 Å². The summed E-state index contributed by atoms with van der Waals surface area (Å²) >= 11 is 0. The molecule has 7 nitrogen and oxygen atoms in total. The van der Waals surface area contributed by atoms with E-state index in [-0.39, 0.29) is 0 Å². The van der Waals surface area contributed by atoms with Gasteiger partial charge in [-0.15, -0.1) is 0 Å². The van der Waals surface area contributed by atoms with E-state index >= 15 is 0 Å². The van der Waals surface area contributed by atoms with Crippen LogP contribution in [0.2, 0.25) is 0 Å². The number of nitrogens with one attached hydrogen (secondary N) is 3. The third kappa shape index (κ3) is 3.55. The van der Waals surface area contributed by atoms with Crippen LogP contribution >= 0.6 is 0 Å². The number of hydrogen-bond acceptors (Lipinski definition) is 5. The summed E-state index contributed by atoms with van der Waals surface area (Å²) < 4.78 is 2.06. The molecule has 0 spiro atoms. The third-order valence-corrected chi connectivity index (χ3v) is 6.99. The topological polar surface area (TPSA) is 81.9 Å². The van der Waals surface area contributed by atoms with Crippen molar-refractivity contribution in [2.24, 2.45) is 9.98 Å². The molecule has 2 aromatic carbocycles. The fraction of sp³-hybridized carbons (Fsp3) is 0.207. The molecule has 7 heteroatoms. The Kier molecular flexibility index (Phi) is 4.70. The number of benzene rings is 2. The lowest BCUT2D eigenvalue weighted by Crippen LogP contribution is -2.27. The van der Waals surface area contributed by atoms with Crippen molar-refractivity contribution in [1.29, 1.82) is 0 Å². The van der Waals surface area contributed by atoms with Gasteiger partial charge in [0.1, 0.15) is 17.3 Å². The van der Waals surface area contributed by atoms with Gasteiger partial charge in [0.25, 0.3) is 0 Å². The summed E-state index contributed by atoms with van der Waals surface area (Å²) in [5.41, 5.74) is 8.64. The number of aliphatic imine (C=N–C) groups is 2. The van der Waals surface area contributed by atoms with Gasteiger partial charge in [0, 0.05) is 63.8 Å². The summed E-state index contributed by atoms with van der Waals surface area (Å²) in [6, 6.07) is 20.1. The van der Waals surface area contributed by atoms with Gasteiger partial charge in [-0.3, -0.25) is 9.98 Å². The second kappa shape index (κ2) is 8.09. The summed E-state index contributed by atoms with van der Waals surface area (Å²) in [7, 11) is 0. The normalized spacial score (nSPS) is 19.4. The second-order valence-corrected chi connectivity index (χ2v) is 9.82. The monoisotopic (exact) mass is 473 g/mol. The Morgan fingerprint density at radius 2 is 1.44 bits per heavy atom. The summed E-state index contributed by atoms with van der Waals surface area (Å²) in [4.78, 5) is 17.5. The maximum atomic E-state index is 4.89. The van der Waals surface area contributed by atoms with Crippen molar-refractivity contribution in [2.75, 3.05) is 13.1 Å². The van der Waals surface area contributed by atoms with Gasteiger partial charge in [-0.2, -0.15) is 0 Å². The average Bonchev–Trinajstić information content (AvgIpc) is 3.69. The number of H-pyrrole nitrogens is 1. The molecular weight excluding hydrogens is 446 g/mol. The molecule has 5 heterocycles. The van der Waals surface area contributed by atoms with Gasteiger partial charge in [-0.05, 0) is 37.6 Å². The van der Waals surface area contributed by atoms with Gasteiger partial charge in [-0.1, -0.05) is 36.4 Å². The molecule has 0 saturated carbocycles. The van der Waals surface area contributed by atoms with E-state index in [2.05, 4.69) is 117 Å². The van der Waals surface area contributed by atoms with Gasteiger partial charge >= 0.3 is 0 Å². The molecule has 2 atom stereocenters. The van der Waals surface area contributed by atoms with Crippen LogP contribution in [0.15, 0.2) is 83.2 Å². The Balaban J connectivity index is 1.16. The molecular formula is C29H27N7. The number of fused-ring (bicyclic) bond motifs is 2. The Hall–Kier alpha value is -4.39. The number of pyridine rings is 1. The molecule has 178 valence electrons. The van der Waals surface area contributed by atoms with E-state index in [9.17, 15) is 0 Å². The molecule has 2 aliphatic rings. The SMILES string of the molecule is CC1CN=C(c2ccc3c(-c4ccc(-c5cn6ccc(C7=NCC(C)N7)cc6n5)cc4)c[nH]c3c2)N1. The first-order chi connectivity index (χ1) is 17.6. The predicted molar refractivity (Wildman–Crippen MR) is 146 cm³/mol. The molecule has 3 N–H and O–H groups in total. The lowest BCUT2D eigenvalue weighted by Gasteiger charge is -2.06. The molecule has 2 aliphatic heterocycles. The molecule has 3 aromatic heterocycles. The molecule has 0 radical (unpaired) electrons. The number of aromatic amines is 1. The molecule has 2 unspecified atom stereocenters. The number of rotatable bonds is 4. The number of aromatic nitrogens is 3. The van der Waals surface area contributed by atoms with E-state index in [0.717, 1.165) is 58.3 Å². The van der Waals surface area contributed by atoms with Crippen LogP contribution in [0.5, 0.6) is 0 Å². The fourth-order valence-electron chi connectivity index (χ4n) is 5.06. The Morgan fingerprint density at radius 3 is 2.14 bits per heavy atom. The highest BCUT2D eigenvalue weighted by Crippen LogP contribution is 2.31. The van der Waals surface area contributed by atoms with Crippen LogP contribution in [0.25, 0.3) is 38.9 Å². The minimum absolute atomic E-state index is 0.381. The third-order valence-electron chi connectivity index (χ3n) is 6.99. The van der Waals surface area contributed by atoms with Gasteiger partial charge < -0.3 is 20.0 Å². The molecule has 0 fully saturated rings. The standard InChI is InChI=1S/C29H27N7/c1-17-13-31-28(33-17)21-7-8-23-24(15-30-25(23)11-21)19-3-5-20(6-4-19)26-16-36-10-9-22(12-27(36)35-26)29-32-14-18(2)34-29/h3-12,15-18,30H,13-14H2,1-2H3,(H,31,33)(H,32,34). The maximum absolute atomic E-state index is 4.89. The fourth-order valence-corrected chi connectivity index (χ4v) is 5.06. The first kappa shape index (κ1) is 20.9. The van der Waals surface area contributed by atoms with Crippen LogP contribution in [-0.2, 0) is 0 Å². The number of hydrogen-bond donors (Lipinski definition) is 3. The van der Waals surface area contributed by atoms with E-state index in [1.54, 1.807) is 0 Å². The van der Waals surface area contributed by atoms with Crippen LogP contribution in [0.1, 0.15) is 25.0 Å². The lowest BCUT2D eigenvalue weighted by molar-refractivity contribution is 0.726. The van der Waals surface area contributed by atoms with E-state index < -0.39 is 0 Å². The van der Waals surface area contributed by atoms with Crippen LogP contribution in [0, 0.1) is 0 Å². The highest BCUT2D eigenvalue weighted by molar-refractivity contribution is 6.05. The molecule has 7 rings (SSSR count). The molecule has 0 saturated heterocycles. The van der Waals surface area contributed by atoms with Crippen molar-refractivity contribution in [1.82, 2.24) is 25.0 Å². The van der Waals surface area contributed by atoms with E-state index in [4.69, 9.17) is 4.98 Å². The molecule has 5 aromatic rings. The highest BCUT2D eigenvalue weighted by atomic mass is 15.1. The van der Waals surface area contributed by atoms with Gasteiger partial charge in [0.2, 0.25) is 0 Å². The summed E-state index contributed by atoms with van der Waals surface area (Å²) in [6.45, 7) is 5.94. The second-order valence-electron chi connectivity index (χ2n) is 9.82. The maximum Gasteiger partial charge on any atom is 0.138 e. The van der Waals surface area contributed by atoms with Crippen LogP contribution in [0.4, 0.5) is 0 Å². The predicted octanol–water partition coefficient (Wildman–Crippen LogP) is 4.63. The number of amidine groups is 2. The van der Waals surface area contributed by atoms with Crippen molar-refractivity contribution >= 4 is 28.2 Å². The summed E-state index contributed by atoms with van der Waals surface area (Å²) in [5.74, 6) is 1.93. The van der Waals surface area contributed by atoms with Gasteiger partial charge in [-0.25, -0.2) is 4.98 Å². The number of imidazole rings is 1. The average molecular weight is 474 g/mol. The molecule has 0 bridgehead atoms. The lowest BCUT2D eigenvalue weighted by atomic mass is 10.0. The Labute approximate surface area is 209 Å². The zero-order valence-corrected chi connectivity index (χ0v) is 20.3. The first-order valence-electron chi connectivity index (χ1n) is 12.4. The number of nitrogens with zero attached hydrogens (tertiary/aromatic N) is 4. The Morgan fingerprint density at radius 1 is 0.778 bits per heavy atom. The summed E-state index contributed by atoms with van der Waals surface area (Å²) in [5, 5.41) is 8.07. The van der Waals surface area contributed by atoms with E-state index in [0.29, 0.717) is 12.1 Å². The molecule has 0 amide bonds. The van der Waals surface area contributed by atoms with Crippen molar-refractivity contribution in [2.45, 2.75) is 25.9 Å². The highest BCUT2D eigenvalue weighted by Gasteiger charge is 2.17. The van der Waals surface area contributed by atoms with Crippen molar-refractivity contribution in [3.8, 4) is 22.4 Å². The Bertz CT molecular complexity index is 1670. The zero-order chi connectivity index (χ0) is 24.2. The van der Waals surface area contributed by atoms with Crippen LogP contribution in [0.3, 0.4) is 0 Å². The van der Waals surface area contributed by atoms with Crippen molar-refractivity contribution < 1.29 is 0 Å². The minimum Gasteiger partial charge on any atom is -0.366 e. The van der Waals surface area contributed by atoms with Gasteiger partial charge in [0.15, 0.2) is 0 Å². The summed E-state index contributed by atoms with van der Waals surface area (Å²) in [6.07, 6.45) is 6.22. The minimum atomic E-state index is 0.381. The smallest absolute Gasteiger partial charge is 0.138 e. The van der Waals surface area contributed by atoms with Crippen LogP contribution < -0.4 is 10.6 Å². The van der Waals surface area contributed by atoms with Crippen LogP contribution in [-0.4, -0.2) is 51.2 Å².